The molecular weight excluding hydrogens is 280 g/mol. The number of nitrogens with one attached hydrogen (secondary N) is 2. The summed E-state index contributed by atoms with van der Waals surface area (Å²) in [4.78, 5) is 2.94. The van der Waals surface area contributed by atoms with Gasteiger partial charge >= 0.3 is 0 Å². The topological polar surface area (TPSA) is 78.8 Å². The highest BCUT2D eigenvalue weighted by atomic mass is 32.2. The van der Waals surface area contributed by atoms with Crippen molar-refractivity contribution in [2.24, 2.45) is 0 Å². The molecule has 1 aromatic heterocycles. The summed E-state index contributed by atoms with van der Waals surface area (Å²) in [7, 11) is -3.65. The zero-order valence-corrected chi connectivity index (χ0v) is 11.3. The first kappa shape index (κ1) is 12.7. The molecule has 0 amide bonds. The molecule has 0 atom stereocenters. The Morgan fingerprint density at radius 2 is 1.90 bits per heavy atom. The summed E-state index contributed by atoms with van der Waals surface area (Å²) in [6, 6.07) is 7.92. The fourth-order valence-corrected chi connectivity index (χ4v) is 2.93. The van der Waals surface area contributed by atoms with Crippen LogP contribution in [-0.4, -0.2) is 21.6 Å². The van der Waals surface area contributed by atoms with Gasteiger partial charge in [0.2, 0.25) is 0 Å². The van der Waals surface area contributed by atoms with Crippen molar-refractivity contribution in [3.05, 3.63) is 42.7 Å². The Labute approximate surface area is 116 Å². The maximum absolute atomic E-state index is 12.3. The fourth-order valence-electron chi connectivity index (χ4n) is 1.86. The van der Waals surface area contributed by atoms with Crippen molar-refractivity contribution in [1.29, 1.82) is 0 Å². The first-order valence-electron chi connectivity index (χ1n) is 6.04. The predicted molar refractivity (Wildman–Crippen MR) is 71.2 cm³/mol. The van der Waals surface area contributed by atoms with Crippen LogP contribution in [0.1, 0.15) is 0 Å². The highest BCUT2D eigenvalue weighted by Crippen LogP contribution is 2.32. The smallest absolute Gasteiger partial charge is 0.262 e. The molecule has 6 nitrogen and oxygen atoms in total. The number of pyridine rings is 1. The second-order valence-corrected chi connectivity index (χ2v) is 5.89. The van der Waals surface area contributed by atoms with Crippen LogP contribution in [0.2, 0.25) is 0 Å². The first-order valence-corrected chi connectivity index (χ1v) is 7.52. The van der Waals surface area contributed by atoms with Crippen LogP contribution in [0.15, 0.2) is 47.6 Å². The molecule has 0 bridgehead atoms. The molecule has 20 heavy (non-hydrogen) atoms. The van der Waals surface area contributed by atoms with Crippen molar-refractivity contribution in [2.75, 3.05) is 17.9 Å². The number of aromatic amines is 1. The molecule has 0 saturated heterocycles. The summed E-state index contributed by atoms with van der Waals surface area (Å²) in [5.41, 5.74) is 0.461. The Bertz CT molecular complexity index is 716. The summed E-state index contributed by atoms with van der Waals surface area (Å²) in [5.74, 6) is 1.00. The van der Waals surface area contributed by atoms with Gasteiger partial charge in [0, 0.05) is 12.1 Å². The van der Waals surface area contributed by atoms with Gasteiger partial charge in [-0.25, -0.2) is 13.4 Å². The van der Waals surface area contributed by atoms with Crippen LogP contribution in [0, 0.1) is 0 Å². The number of ether oxygens (including phenoxy) is 2. The molecule has 1 aliphatic rings. The molecule has 104 valence electrons. The van der Waals surface area contributed by atoms with Crippen molar-refractivity contribution >= 4 is 15.7 Å². The van der Waals surface area contributed by atoms with E-state index in [0.717, 1.165) is 0 Å². The van der Waals surface area contributed by atoms with E-state index in [0.29, 0.717) is 30.4 Å². The third-order valence-electron chi connectivity index (χ3n) is 2.78. The lowest BCUT2D eigenvalue weighted by Gasteiger charge is -2.18. The van der Waals surface area contributed by atoms with Crippen molar-refractivity contribution in [2.45, 2.75) is 4.90 Å². The Kier molecular flexibility index (Phi) is 3.19. The van der Waals surface area contributed by atoms with Crippen LogP contribution in [0.25, 0.3) is 0 Å². The van der Waals surface area contributed by atoms with Gasteiger partial charge in [0.25, 0.3) is 10.0 Å². The van der Waals surface area contributed by atoms with Gasteiger partial charge in [-0.2, -0.15) is 0 Å². The average molecular weight is 293 g/mol. The monoisotopic (exact) mass is 293 g/mol. The van der Waals surface area contributed by atoms with Gasteiger partial charge in [0.1, 0.15) is 18.9 Å². The largest absolute Gasteiger partial charge is 0.486 e. The quantitative estimate of drug-likeness (QED) is 0.918. The van der Waals surface area contributed by atoms with E-state index >= 15 is 0 Å². The molecule has 3 rings (SSSR count). The van der Waals surface area contributed by atoms with Crippen LogP contribution in [0.4, 0.5) is 5.69 Å². The fraction of sp³-hybridized carbons (Fsp3) is 0.154. The molecule has 0 unspecified atom stereocenters. The van der Waals surface area contributed by atoms with Crippen LogP contribution < -0.4 is 19.2 Å². The third kappa shape index (κ3) is 2.53. The minimum atomic E-state index is -3.65. The van der Waals surface area contributed by atoms with E-state index in [1.165, 1.54) is 12.1 Å². The summed E-state index contributed by atoms with van der Waals surface area (Å²) in [6.45, 7) is 0.884. The van der Waals surface area contributed by atoms with E-state index in [9.17, 15) is 8.42 Å². The number of H-pyrrole nitrogens is 1. The van der Waals surface area contributed by atoms with Gasteiger partial charge in [-0.15, -0.1) is 0 Å². The van der Waals surface area contributed by atoms with Crippen LogP contribution in [-0.2, 0) is 10.0 Å². The number of hydrogen-bond acceptors (Lipinski definition) is 4. The molecule has 2 heterocycles. The van der Waals surface area contributed by atoms with Gasteiger partial charge in [0.05, 0.1) is 4.90 Å². The second kappa shape index (κ2) is 5.01. The van der Waals surface area contributed by atoms with Gasteiger partial charge in [-0.3, -0.25) is 4.72 Å². The Morgan fingerprint density at radius 3 is 2.65 bits per heavy atom. The summed E-state index contributed by atoms with van der Waals surface area (Å²) < 4.78 is 37.8. The number of fused-ring (bicyclic) bond motifs is 1. The van der Waals surface area contributed by atoms with Crippen LogP contribution >= 0.6 is 0 Å². The SMILES string of the molecule is O=S(=O)(Nc1ccc[nH+]c1)c1ccc2c(c1)OCCO2. The molecule has 1 aliphatic heterocycles. The summed E-state index contributed by atoms with van der Waals surface area (Å²) >= 11 is 0. The maximum Gasteiger partial charge on any atom is 0.262 e. The van der Waals surface area contributed by atoms with E-state index in [1.807, 2.05) is 0 Å². The van der Waals surface area contributed by atoms with Crippen molar-refractivity contribution < 1.29 is 22.9 Å². The van der Waals surface area contributed by atoms with Gasteiger partial charge in [-0.05, 0) is 18.2 Å². The lowest BCUT2D eigenvalue weighted by Crippen LogP contribution is -2.17. The Morgan fingerprint density at radius 1 is 1.10 bits per heavy atom. The van der Waals surface area contributed by atoms with Crippen molar-refractivity contribution in [1.82, 2.24) is 0 Å². The van der Waals surface area contributed by atoms with E-state index < -0.39 is 10.0 Å². The first-order chi connectivity index (χ1) is 9.65. The molecular formula is C13H13N2O4S+. The highest BCUT2D eigenvalue weighted by Gasteiger charge is 2.19. The molecule has 1 aromatic carbocycles. The Balaban J connectivity index is 1.91. The molecule has 7 heteroatoms. The zero-order valence-electron chi connectivity index (χ0n) is 10.5. The number of rotatable bonds is 3. The summed E-state index contributed by atoms with van der Waals surface area (Å²) in [6.07, 6.45) is 3.26. The lowest BCUT2D eigenvalue weighted by atomic mass is 10.3. The maximum atomic E-state index is 12.3. The lowest BCUT2D eigenvalue weighted by molar-refractivity contribution is -0.376. The second-order valence-electron chi connectivity index (χ2n) is 4.20. The van der Waals surface area contributed by atoms with Crippen molar-refractivity contribution in [3.63, 3.8) is 0 Å². The van der Waals surface area contributed by atoms with E-state index in [2.05, 4.69) is 9.71 Å². The molecule has 0 fully saturated rings. The standard InChI is InChI=1S/C13H12N2O4S/c16-20(17,15-10-2-1-5-14-9-10)11-3-4-12-13(8-11)19-7-6-18-12/h1-5,8-9,15H,6-7H2/p+1. The Hall–Kier alpha value is -2.28. The molecule has 2 N–H and O–H groups in total. The predicted octanol–water partition coefficient (Wildman–Crippen LogP) is 1.07. The van der Waals surface area contributed by atoms with Gasteiger partial charge < -0.3 is 9.47 Å². The molecule has 0 aliphatic carbocycles. The molecule has 0 spiro atoms. The number of hydrogen-bond donors (Lipinski definition) is 1. The number of benzene rings is 1. The molecule has 0 saturated carbocycles. The number of sulfonamides is 1. The highest BCUT2D eigenvalue weighted by molar-refractivity contribution is 7.92. The van der Waals surface area contributed by atoms with Crippen molar-refractivity contribution in [3.8, 4) is 11.5 Å². The minimum absolute atomic E-state index is 0.130. The third-order valence-corrected chi connectivity index (χ3v) is 4.16. The normalized spacial score (nSPS) is 13.8. The van der Waals surface area contributed by atoms with Crippen LogP contribution in [0.3, 0.4) is 0 Å². The van der Waals surface area contributed by atoms with Crippen LogP contribution in [0.5, 0.6) is 11.5 Å². The molecule has 2 aromatic rings. The average Bonchev–Trinajstić information content (AvgIpc) is 2.47. The van der Waals surface area contributed by atoms with E-state index in [4.69, 9.17) is 9.47 Å². The molecule has 0 radical (unpaired) electrons. The summed E-state index contributed by atoms with van der Waals surface area (Å²) in [5, 5.41) is 0. The minimum Gasteiger partial charge on any atom is -0.486 e. The van der Waals surface area contributed by atoms with E-state index in [1.54, 1.807) is 30.6 Å². The van der Waals surface area contributed by atoms with E-state index in [-0.39, 0.29) is 4.90 Å². The number of aromatic nitrogens is 1. The number of anilines is 1. The van der Waals surface area contributed by atoms with Gasteiger partial charge in [0.15, 0.2) is 23.9 Å². The zero-order chi connectivity index (χ0) is 14.0. The van der Waals surface area contributed by atoms with Gasteiger partial charge in [-0.1, -0.05) is 0 Å².